The number of hydrogen-bond donors (Lipinski definition) is 0. The quantitative estimate of drug-likeness (QED) is 0.460. The third kappa shape index (κ3) is 3.35. The number of halogens is 1. The van der Waals surface area contributed by atoms with Crippen molar-refractivity contribution in [2.45, 2.75) is 32.3 Å². The zero-order valence-corrected chi connectivity index (χ0v) is 17.2. The number of benzene rings is 3. The first-order valence-corrected chi connectivity index (χ1v) is 10.1. The number of alkyl halides is 1. The topological polar surface area (TPSA) is 29.5 Å². The SMILES string of the molecule is CC(C)(C)OC(=O)N1CC(CCl)c2c1cc(-c1ccccc1)c1ccccc21. The lowest BCUT2D eigenvalue weighted by Gasteiger charge is -2.25. The number of anilines is 1. The number of rotatable bonds is 2. The van der Waals surface area contributed by atoms with Crippen molar-refractivity contribution in [1.29, 1.82) is 0 Å². The van der Waals surface area contributed by atoms with E-state index in [1.54, 1.807) is 4.90 Å². The van der Waals surface area contributed by atoms with E-state index in [1.165, 1.54) is 5.39 Å². The summed E-state index contributed by atoms with van der Waals surface area (Å²) in [6.07, 6.45) is -0.323. The van der Waals surface area contributed by atoms with Crippen molar-refractivity contribution < 1.29 is 9.53 Å². The predicted molar refractivity (Wildman–Crippen MR) is 116 cm³/mol. The highest BCUT2D eigenvalue weighted by Crippen LogP contribution is 2.46. The van der Waals surface area contributed by atoms with E-state index in [1.807, 2.05) is 45.0 Å². The van der Waals surface area contributed by atoms with Crippen LogP contribution in [0.1, 0.15) is 32.3 Å². The molecule has 1 amide bonds. The molecule has 0 N–H and O–H groups in total. The highest BCUT2D eigenvalue weighted by molar-refractivity contribution is 6.19. The summed E-state index contributed by atoms with van der Waals surface area (Å²) >= 11 is 6.32. The molecule has 4 heteroatoms. The van der Waals surface area contributed by atoms with Crippen LogP contribution in [0.5, 0.6) is 0 Å². The molecule has 3 nitrogen and oxygen atoms in total. The predicted octanol–water partition coefficient (Wildman–Crippen LogP) is 6.58. The van der Waals surface area contributed by atoms with Gasteiger partial charge in [-0.25, -0.2) is 4.79 Å². The third-order valence-electron chi connectivity index (χ3n) is 5.05. The summed E-state index contributed by atoms with van der Waals surface area (Å²) in [4.78, 5) is 14.7. The molecule has 0 saturated carbocycles. The molecule has 1 unspecified atom stereocenters. The molecule has 3 aromatic carbocycles. The molecule has 0 radical (unpaired) electrons. The molecule has 28 heavy (non-hydrogen) atoms. The fourth-order valence-electron chi connectivity index (χ4n) is 3.92. The average Bonchev–Trinajstić information content (AvgIpc) is 3.06. The molecule has 144 valence electrons. The van der Waals surface area contributed by atoms with Gasteiger partial charge in [0.2, 0.25) is 0 Å². The fraction of sp³-hybridized carbons (Fsp3) is 0.292. The van der Waals surface area contributed by atoms with Gasteiger partial charge in [0, 0.05) is 18.3 Å². The van der Waals surface area contributed by atoms with Gasteiger partial charge >= 0.3 is 6.09 Å². The number of hydrogen-bond acceptors (Lipinski definition) is 2. The number of fused-ring (bicyclic) bond motifs is 3. The molecule has 4 rings (SSSR count). The molecular formula is C24H24ClNO2. The van der Waals surface area contributed by atoms with E-state index in [0.29, 0.717) is 12.4 Å². The van der Waals surface area contributed by atoms with Gasteiger partial charge in [0.15, 0.2) is 0 Å². The van der Waals surface area contributed by atoms with E-state index in [-0.39, 0.29) is 12.0 Å². The second-order valence-corrected chi connectivity index (χ2v) is 8.52. The Hall–Kier alpha value is -2.52. The van der Waals surface area contributed by atoms with Gasteiger partial charge < -0.3 is 4.74 Å². The zero-order valence-electron chi connectivity index (χ0n) is 16.4. The van der Waals surface area contributed by atoms with Crippen LogP contribution >= 0.6 is 11.6 Å². The summed E-state index contributed by atoms with van der Waals surface area (Å²) in [5, 5.41) is 2.32. The smallest absolute Gasteiger partial charge is 0.414 e. The molecule has 0 spiro atoms. The van der Waals surface area contributed by atoms with E-state index in [9.17, 15) is 4.79 Å². The Morgan fingerprint density at radius 1 is 1.07 bits per heavy atom. The number of nitrogens with zero attached hydrogens (tertiary/aromatic N) is 1. The van der Waals surface area contributed by atoms with Crippen LogP contribution in [-0.4, -0.2) is 24.1 Å². The maximum Gasteiger partial charge on any atom is 0.414 e. The van der Waals surface area contributed by atoms with Crippen LogP contribution in [0.4, 0.5) is 10.5 Å². The van der Waals surface area contributed by atoms with Gasteiger partial charge in [-0.3, -0.25) is 4.90 Å². The monoisotopic (exact) mass is 393 g/mol. The van der Waals surface area contributed by atoms with Crippen LogP contribution in [0.2, 0.25) is 0 Å². The summed E-state index contributed by atoms with van der Waals surface area (Å²) in [5.41, 5.74) is 3.72. The average molecular weight is 394 g/mol. The summed E-state index contributed by atoms with van der Waals surface area (Å²) in [6.45, 7) is 6.19. The van der Waals surface area contributed by atoms with Crippen LogP contribution in [0, 0.1) is 0 Å². The fourth-order valence-corrected chi connectivity index (χ4v) is 4.17. The molecule has 0 aromatic heterocycles. The van der Waals surface area contributed by atoms with E-state index >= 15 is 0 Å². The third-order valence-corrected chi connectivity index (χ3v) is 5.42. The van der Waals surface area contributed by atoms with Crippen molar-refractivity contribution in [3.63, 3.8) is 0 Å². The summed E-state index contributed by atoms with van der Waals surface area (Å²) in [7, 11) is 0. The summed E-state index contributed by atoms with van der Waals surface area (Å²) in [5.74, 6) is 0.542. The van der Waals surface area contributed by atoms with Crippen molar-refractivity contribution in [3.8, 4) is 11.1 Å². The van der Waals surface area contributed by atoms with Crippen LogP contribution in [0.25, 0.3) is 21.9 Å². The second-order valence-electron chi connectivity index (χ2n) is 8.21. The maximum absolute atomic E-state index is 12.9. The molecule has 1 heterocycles. The van der Waals surface area contributed by atoms with Gasteiger partial charge in [0.25, 0.3) is 0 Å². The van der Waals surface area contributed by atoms with Crippen molar-refractivity contribution in [2.75, 3.05) is 17.3 Å². The van der Waals surface area contributed by atoms with Gasteiger partial charge in [-0.2, -0.15) is 0 Å². The highest BCUT2D eigenvalue weighted by atomic mass is 35.5. The largest absolute Gasteiger partial charge is 0.443 e. The molecular weight excluding hydrogens is 370 g/mol. The number of ether oxygens (including phenoxy) is 1. The Bertz CT molecular complexity index is 1020. The Balaban J connectivity index is 1.94. The van der Waals surface area contributed by atoms with Crippen molar-refractivity contribution >= 4 is 34.2 Å². The van der Waals surface area contributed by atoms with Gasteiger partial charge in [-0.1, -0.05) is 54.6 Å². The van der Waals surface area contributed by atoms with Crippen LogP contribution in [-0.2, 0) is 4.74 Å². The first-order valence-electron chi connectivity index (χ1n) is 9.56. The lowest BCUT2D eigenvalue weighted by atomic mass is 9.90. The summed E-state index contributed by atoms with van der Waals surface area (Å²) < 4.78 is 5.67. The summed E-state index contributed by atoms with van der Waals surface area (Å²) in [6, 6.07) is 20.7. The molecule has 0 saturated heterocycles. The van der Waals surface area contributed by atoms with Gasteiger partial charge in [-0.05, 0) is 54.3 Å². The molecule has 1 atom stereocenters. The van der Waals surface area contributed by atoms with Crippen LogP contribution in [0.3, 0.4) is 0 Å². The Morgan fingerprint density at radius 3 is 2.36 bits per heavy atom. The van der Waals surface area contributed by atoms with Crippen LogP contribution in [0.15, 0.2) is 60.7 Å². The van der Waals surface area contributed by atoms with Gasteiger partial charge in [0.05, 0.1) is 5.69 Å². The van der Waals surface area contributed by atoms with Crippen molar-refractivity contribution in [2.24, 2.45) is 0 Å². The van der Waals surface area contributed by atoms with Gasteiger partial charge in [0.1, 0.15) is 5.60 Å². The van der Waals surface area contributed by atoms with E-state index in [0.717, 1.165) is 27.8 Å². The van der Waals surface area contributed by atoms with Crippen LogP contribution < -0.4 is 4.90 Å². The standard InChI is InChI=1S/C24H24ClNO2/c1-24(2,3)28-23(27)26-15-17(14-25)22-19-12-8-7-11-18(19)20(13-21(22)26)16-9-5-4-6-10-16/h4-13,17H,14-15H2,1-3H3. The lowest BCUT2D eigenvalue weighted by molar-refractivity contribution is 0.0582. The molecule has 0 aliphatic carbocycles. The number of carbonyl (C=O) groups excluding carboxylic acids is 1. The van der Waals surface area contributed by atoms with E-state index < -0.39 is 5.60 Å². The minimum absolute atomic E-state index is 0.0823. The number of amides is 1. The first kappa shape index (κ1) is 18.8. The molecule has 0 bridgehead atoms. The normalized spacial score (nSPS) is 16.3. The van der Waals surface area contributed by atoms with Gasteiger partial charge in [-0.15, -0.1) is 11.6 Å². The minimum atomic E-state index is -0.546. The Kier molecular flexibility index (Phi) is 4.80. The maximum atomic E-state index is 12.9. The Labute approximate surface area is 170 Å². The molecule has 0 fully saturated rings. The number of carbonyl (C=O) groups is 1. The minimum Gasteiger partial charge on any atom is -0.443 e. The molecule has 3 aromatic rings. The van der Waals surface area contributed by atoms with Crippen molar-refractivity contribution in [3.05, 3.63) is 66.2 Å². The highest BCUT2D eigenvalue weighted by Gasteiger charge is 2.36. The molecule has 1 aliphatic heterocycles. The zero-order chi connectivity index (χ0) is 19.9. The van der Waals surface area contributed by atoms with E-state index in [2.05, 4.69) is 36.4 Å². The Morgan fingerprint density at radius 2 is 1.71 bits per heavy atom. The first-order chi connectivity index (χ1) is 13.4. The molecule has 1 aliphatic rings. The second kappa shape index (κ2) is 7.14. The van der Waals surface area contributed by atoms with Crippen molar-refractivity contribution in [1.82, 2.24) is 0 Å². The van der Waals surface area contributed by atoms with E-state index in [4.69, 9.17) is 16.3 Å². The lowest BCUT2D eigenvalue weighted by Crippen LogP contribution is -2.36.